The van der Waals surface area contributed by atoms with Crippen molar-refractivity contribution in [3.63, 3.8) is 0 Å². The van der Waals surface area contributed by atoms with Gasteiger partial charge in [-0.3, -0.25) is 4.40 Å². The molecule has 0 aliphatic carbocycles. The Labute approximate surface area is 111 Å². The van der Waals surface area contributed by atoms with Gasteiger partial charge in [0.15, 0.2) is 5.82 Å². The molecule has 6 nitrogen and oxygen atoms in total. The van der Waals surface area contributed by atoms with Gasteiger partial charge >= 0.3 is 0 Å². The standard InChI is InChI=1S/C13H19N3O3/c1-15(7-10(18)9-19-2)13-11(8-17)16-6-4-3-5-12(16)14-13/h3-6,10,17-18H,7-9H2,1-2H3. The van der Waals surface area contributed by atoms with Crippen molar-refractivity contribution in [2.75, 3.05) is 32.2 Å². The van der Waals surface area contributed by atoms with Crippen molar-refractivity contribution in [3.05, 3.63) is 30.1 Å². The van der Waals surface area contributed by atoms with Crippen molar-refractivity contribution in [2.24, 2.45) is 0 Å². The number of methoxy groups -OCH3 is 1. The van der Waals surface area contributed by atoms with Gasteiger partial charge in [0.25, 0.3) is 0 Å². The summed E-state index contributed by atoms with van der Waals surface area (Å²) in [6, 6.07) is 5.66. The van der Waals surface area contributed by atoms with Crippen LogP contribution in [-0.4, -0.2) is 53.0 Å². The van der Waals surface area contributed by atoms with Crippen LogP contribution in [0.15, 0.2) is 24.4 Å². The molecule has 0 spiro atoms. The van der Waals surface area contributed by atoms with Gasteiger partial charge in [0.1, 0.15) is 5.65 Å². The number of anilines is 1. The predicted molar refractivity (Wildman–Crippen MR) is 72.3 cm³/mol. The molecule has 1 unspecified atom stereocenters. The lowest BCUT2D eigenvalue weighted by molar-refractivity contribution is 0.0694. The monoisotopic (exact) mass is 265 g/mol. The van der Waals surface area contributed by atoms with E-state index in [1.807, 2.05) is 40.7 Å². The number of likely N-dealkylation sites (N-methyl/N-ethyl adjacent to an activating group) is 1. The Bertz CT molecular complexity index is 541. The number of pyridine rings is 1. The number of aliphatic hydroxyl groups excluding tert-OH is 2. The minimum Gasteiger partial charge on any atom is -0.390 e. The van der Waals surface area contributed by atoms with E-state index in [9.17, 15) is 10.2 Å². The van der Waals surface area contributed by atoms with Gasteiger partial charge in [-0.05, 0) is 12.1 Å². The fourth-order valence-corrected chi connectivity index (χ4v) is 2.13. The molecular formula is C13H19N3O3. The minimum absolute atomic E-state index is 0.106. The van der Waals surface area contributed by atoms with E-state index in [0.29, 0.717) is 18.1 Å². The van der Waals surface area contributed by atoms with Gasteiger partial charge in [-0.25, -0.2) is 4.98 Å². The molecule has 0 radical (unpaired) electrons. The maximum absolute atomic E-state index is 9.76. The van der Waals surface area contributed by atoms with Gasteiger partial charge in [-0.1, -0.05) is 6.07 Å². The highest BCUT2D eigenvalue weighted by molar-refractivity contribution is 5.55. The van der Waals surface area contributed by atoms with Crippen LogP contribution in [0.25, 0.3) is 5.65 Å². The Kier molecular flexibility index (Phi) is 4.36. The zero-order valence-electron chi connectivity index (χ0n) is 11.2. The number of hydrogen-bond donors (Lipinski definition) is 2. The van der Waals surface area contributed by atoms with E-state index in [2.05, 4.69) is 4.98 Å². The number of imidazole rings is 1. The average Bonchev–Trinajstić information content (AvgIpc) is 2.77. The van der Waals surface area contributed by atoms with Gasteiger partial charge in [-0.15, -0.1) is 0 Å². The van der Waals surface area contributed by atoms with E-state index in [1.54, 1.807) is 7.11 Å². The van der Waals surface area contributed by atoms with Gasteiger partial charge in [0.05, 0.1) is 25.0 Å². The second-order valence-corrected chi connectivity index (χ2v) is 4.46. The lowest BCUT2D eigenvalue weighted by Gasteiger charge is -2.21. The molecule has 0 aromatic carbocycles. The van der Waals surface area contributed by atoms with Gasteiger partial charge in [-0.2, -0.15) is 0 Å². The molecule has 0 aliphatic heterocycles. The second-order valence-electron chi connectivity index (χ2n) is 4.46. The Morgan fingerprint density at radius 3 is 2.95 bits per heavy atom. The van der Waals surface area contributed by atoms with Crippen LogP contribution in [-0.2, 0) is 11.3 Å². The largest absolute Gasteiger partial charge is 0.390 e. The van der Waals surface area contributed by atoms with Gasteiger partial charge in [0, 0.05) is 26.9 Å². The SMILES string of the molecule is COCC(O)CN(C)c1nc2ccccn2c1CO. The first-order valence-corrected chi connectivity index (χ1v) is 6.12. The summed E-state index contributed by atoms with van der Waals surface area (Å²) in [5.41, 5.74) is 1.48. The molecule has 6 heteroatoms. The van der Waals surface area contributed by atoms with Crippen LogP contribution >= 0.6 is 0 Å². The van der Waals surface area contributed by atoms with Gasteiger partial charge in [0.2, 0.25) is 0 Å². The molecule has 0 amide bonds. The number of hydrogen-bond acceptors (Lipinski definition) is 5. The van der Waals surface area contributed by atoms with E-state index in [1.165, 1.54) is 0 Å². The molecule has 0 fully saturated rings. The molecule has 2 heterocycles. The molecular weight excluding hydrogens is 246 g/mol. The lowest BCUT2D eigenvalue weighted by atomic mass is 10.3. The minimum atomic E-state index is -0.591. The number of fused-ring (bicyclic) bond motifs is 1. The van der Waals surface area contributed by atoms with Crippen molar-refractivity contribution < 1.29 is 14.9 Å². The summed E-state index contributed by atoms with van der Waals surface area (Å²) in [5, 5.41) is 19.3. The van der Waals surface area contributed by atoms with Crippen molar-refractivity contribution in [1.29, 1.82) is 0 Å². The summed E-state index contributed by atoms with van der Waals surface area (Å²) in [7, 11) is 3.38. The van der Waals surface area contributed by atoms with Crippen LogP contribution in [0.2, 0.25) is 0 Å². The first-order valence-electron chi connectivity index (χ1n) is 6.12. The molecule has 1 atom stereocenters. The molecule has 0 aliphatic rings. The third-order valence-corrected chi connectivity index (χ3v) is 2.96. The number of ether oxygens (including phenoxy) is 1. The fourth-order valence-electron chi connectivity index (χ4n) is 2.13. The quantitative estimate of drug-likeness (QED) is 0.784. The highest BCUT2D eigenvalue weighted by Crippen LogP contribution is 2.20. The van der Waals surface area contributed by atoms with E-state index >= 15 is 0 Å². The van der Waals surface area contributed by atoms with Crippen LogP contribution < -0.4 is 4.90 Å². The number of aliphatic hydroxyl groups is 2. The summed E-state index contributed by atoms with van der Waals surface area (Å²) in [6.07, 6.45) is 1.27. The maximum atomic E-state index is 9.76. The topological polar surface area (TPSA) is 70.2 Å². The van der Waals surface area contributed by atoms with E-state index in [-0.39, 0.29) is 13.2 Å². The highest BCUT2D eigenvalue weighted by Gasteiger charge is 2.17. The van der Waals surface area contributed by atoms with Gasteiger partial charge < -0.3 is 19.8 Å². The zero-order chi connectivity index (χ0) is 13.8. The lowest BCUT2D eigenvalue weighted by Crippen LogP contribution is -2.32. The van der Waals surface area contributed by atoms with E-state index < -0.39 is 6.10 Å². The Morgan fingerprint density at radius 2 is 2.26 bits per heavy atom. The van der Waals surface area contributed by atoms with Crippen molar-refractivity contribution in [1.82, 2.24) is 9.38 Å². The summed E-state index contributed by atoms with van der Waals surface area (Å²) < 4.78 is 6.75. The first-order chi connectivity index (χ1) is 9.17. The molecule has 2 N–H and O–H groups in total. The van der Waals surface area contributed by atoms with Crippen molar-refractivity contribution in [3.8, 4) is 0 Å². The molecule has 19 heavy (non-hydrogen) atoms. The molecule has 2 aromatic heterocycles. The second kappa shape index (κ2) is 6.01. The van der Waals surface area contributed by atoms with Crippen LogP contribution in [0, 0.1) is 0 Å². The van der Waals surface area contributed by atoms with Crippen LogP contribution in [0.3, 0.4) is 0 Å². The van der Waals surface area contributed by atoms with Crippen LogP contribution in [0.1, 0.15) is 5.69 Å². The highest BCUT2D eigenvalue weighted by atomic mass is 16.5. The molecule has 2 rings (SSSR count). The average molecular weight is 265 g/mol. The number of aromatic nitrogens is 2. The van der Waals surface area contributed by atoms with Crippen LogP contribution in [0.5, 0.6) is 0 Å². The van der Waals surface area contributed by atoms with Crippen LogP contribution in [0.4, 0.5) is 5.82 Å². The molecule has 104 valence electrons. The zero-order valence-corrected chi connectivity index (χ0v) is 11.2. The van der Waals surface area contributed by atoms with Crippen molar-refractivity contribution in [2.45, 2.75) is 12.7 Å². The molecule has 0 saturated heterocycles. The Morgan fingerprint density at radius 1 is 1.47 bits per heavy atom. The number of rotatable bonds is 6. The van der Waals surface area contributed by atoms with Crippen molar-refractivity contribution >= 4 is 11.5 Å². The normalized spacial score (nSPS) is 12.8. The predicted octanol–water partition coefficient (Wildman–Crippen LogP) is 0.270. The number of nitrogens with zero attached hydrogens (tertiary/aromatic N) is 3. The molecule has 2 aromatic rings. The first kappa shape index (κ1) is 13.8. The maximum Gasteiger partial charge on any atom is 0.153 e. The fraction of sp³-hybridized carbons (Fsp3) is 0.462. The van der Waals surface area contributed by atoms with E-state index in [4.69, 9.17) is 4.74 Å². The van der Waals surface area contributed by atoms with E-state index in [0.717, 1.165) is 5.65 Å². The summed E-state index contributed by atoms with van der Waals surface area (Å²) in [6.45, 7) is 0.558. The summed E-state index contributed by atoms with van der Waals surface area (Å²) in [4.78, 5) is 6.30. The Balaban J connectivity index is 2.28. The molecule has 0 saturated carbocycles. The molecule has 0 bridgehead atoms. The third-order valence-electron chi connectivity index (χ3n) is 2.96. The Hall–Kier alpha value is -1.63. The summed E-state index contributed by atoms with van der Waals surface area (Å²) >= 11 is 0. The third kappa shape index (κ3) is 2.86. The summed E-state index contributed by atoms with van der Waals surface area (Å²) in [5.74, 6) is 0.670. The smallest absolute Gasteiger partial charge is 0.153 e.